The van der Waals surface area contributed by atoms with Gasteiger partial charge in [0.25, 0.3) is 0 Å². The van der Waals surface area contributed by atoms with Crippen LogP contribution < -0.4 is 4.74 Å². The lowest BCUT2D eigenvalue weighted by Gasteiger charge is -2.09. The molecule has 0 bridgehead atoms. The summed E-state index contributed by atoms with van der Waals surface area (Å²) < 4.78 is 11.5. The fourth-order valence-corrected chi connectivity index (χ4v) is 2.27. The SMILES string of the molecule is COC(=O)c1ccc(COc2ccc(Br)cc2C)cc1. The Kier molecular flexibility index (Phi) is 4.79. The van der Waals surface area contributed by atoms with Crippen LogP contribution in [0.25, 0.3) is 0 Å². The summed E-state index contributed by atoms with van der Waals surface area (Å²) in [6.07, 6.45) is 0. The van der Waals surface area contributed by atoms with E-state index in [1.807, 2.05) is 37.3 Å². The summed E-state index contributed by atoms with van der Waals surface area (Å²) in [5.41, 5.74) is 2.61. The molecule has 0 unspecified atom stereocenters. The third-order valence-electron chi connectivity index (χ3n) is 2.91. The van der Waals surface area contributed by atoms with E-state index in [1.165, 1.54) is 7.11 Å². The monoisotopic (exact) mass is 334 g/mol. The molecule has 3 nitrogen and oxygen atoms in total. The molecule has 0 aliphatic heterocycles. The number of carbonyl (C=O) groups is 1. The molecule has 4 heteroatoms. The van der Waals surface area contributed by atoms with Crippen LogP contribution in [0, 0.1) is 6.92 Å². The van der Waals surface area contributed by atoms with Crippen LogP contribution in [0.2, 0.25) is 0 Å². The molecule has 0 fully saturated rings. The zero-order chi connectivity index (χ0) is 14.5. The van der Waals surface area contributed by atoms with E-state index in [0.29, 0.717) is 12.2 Å². The van der Waals surface area contributed by atoms with Gasteiger partial charge in [0.1, 0.15) is 12.4 Å². The third-order valence-corrected chi connectivity index (χ3v) is 3.40. The molecule has 20 heavy (non-hydrogen) atoms. The van der Waals surface area contributed by atoms with Gasteiger partial charge in [0, 0.05) is 4.47 Å². The maximum Gasteiger partial charge on any atom is 0.337 e. The average molecular weight is 335 g/mol. The maximum absolute atomic E-state index is 11.3. The van der Waals surface area contributed by atoms with Gasteiger partial charge in [-0.1, -0.05) is 28.1 Å². The highest BCUT2D eigenvalue weighted by Crippen LogP contribution is 2.23. The number of methoxy groups -OCH3 is 1. The van der Waals surface area contributed by atoms with E-state index < -0.39 is 0 Å². The van der Waals surface area contributed by atoms with Crippen LogP contribution in [0.3, 0.4) is 0 Å². The van der Waals surface area contributed by atoms with Crippen molar-refractivity contribution in [3.8, 4) is 5.75 Å². The van der Waals surface area contributed by atoms with Crippen molar-refractivity contribution in [3.05, 3.63) is 63.6 Å². The molecule has 0 aromatic heterocycles. The molecular formula is C16H15BrO3. The van der Waals surface area contributed by atoms with Gasteiger partial charge in [-0.25, -0.2) is 4.79 Å². The van der Waals surface area contributed by atoms with Crippen LogP contribution in [0.4, 0.5) is 0 Å². The van der Waals surface area contributed by atoms with Crippen molar-refractivity contribution in [2.45, 2.75) is 13.5 Å². The largest absolute Gasteiger partial charge is 0.489 e. The molecule has 2 aromatic carbocycles. The number of hydrogen-bond acceptors (Lipinski definition) is 3. The van der Waals surface area contributed by atoms with Crippen LogP contribution in [0.1, 0.15) is 21.5 Å². The third kappa shape index (κ3) is 3.61. The predicted octanol–water partition coefficient (Wildman–Crippen LogP) is 4.12. The van der Waals surface area contributed by atoms with Crippen molar-refractivity contribution in [2.75, 3.05) is 7.11 Å². The van der Waals surface area contributed by atoms with Crippen LogP contribution in [-0.2, 0) is 11.3 Å². The van der Waals surface area contributed by atoms with E-state index in [-0.39, 0.29) is 5.97 Å². The highest BCUT2D eigenvalue weighted by Gasteiger charge is 2.05. The minimum Gasteiger partial charge on any atom is -0.489 e. The molecule has 2 rings (SSSR count). The lowest BCUT2D eigenvalue weighted by molar-refractivity contribution is 0.0600. The minimum absolute atomic E-state index is 0.332. The van der Waals surface area contributed by atoms with Crippen molar-refractivity contribution < 1.29 is 14.3 Å². The molecule has 0 amide bonds. The van der Waals surface area contributed by atoms with E-state index >= 15 is 0 Å². The summed E-state index contributed by atoms with van der Waals surface area (Å²) in [6, 6.07) is 13.1. The summed E-state index contributed by atoms with van der Waals surface area (Å²) in [6.45, 7) is 2.46. The molecule has 104 valence electrons. The first-order valence-corrected chi connectivity index (χ1v) is 6.95. The smallest absolute Gasteiger partial charge is 0.337 e. The number of halogens is 1. The highest BCUT2D eigenvalue weighted by atomic mass is 79.9. The van der Waals surface area contributed by atoms with Gasteiger partial charge >= 0.3 is 5.97 Å². The number of benzene rings is 2. The zero-order valence-electron chi connectivity index (χ0n) is 11.4. The first-order chi connectivity index (χ1) is 9.60. The average Bonchev–Trinajstić information content (AvgIpc) is 2.46. The summed E-state index contributed by atoms with van der Waals surface area (Å²) in [5.74, 6) is 0.520. The Hall–Kier alpha value is -1.81. The molecule has 2 aromatic rings. The van der Waals surface area contributed by atoms with E-state index in [1.54, 1.807) is 12.1 Å². The van der Waals surface area contributed by atoms with Crippen molar-refractivity contribution in [3.63, 3.8) is 0 Å². The number of rotatable bonds is 4. The van der Waals surface area contributed by atoms with Gasteiger partial charge in [-0.05, 0) is 48.4 Å². The Morgan fingerprint density at radius 1 is 1.15 bits per heavy atom. The number of esters is 1. The lowest BCUT2D eigenvalue weighted by Crippen LogP contribution is -2.02. The molecular weight excluding hydrogens is 320 g/mol. The Labute approximate surface area is 126 Å². The van der Waals surface area contributed by atoms with Crippen LogP contribution in [-0.4, -0.2) is 13.1 Å². The Morgan fingerprint density at radius 2 is 1.85 bits per heavy atom. The molecule has 0 spiro atoms. The summed E-state index contributed by atoms with van der Waals surface area (Å²) in [7, 11) is 1.37. The van der Waals surface area contributed by atoms with Crippen LogP contribution >= 0.6 is 15.9 Å². The van der Waals surface area contributed by atoms with Gasteiger partial charge in [0.15, 0.2) is 0 Å². The first kappa shape index (κ1) is 14.6. The van der Waals surface area contributed by atoms with E-state index in [9.17, 15) is 4.79 Å². The quantitative estimate of drug-likeness (QED) is 0.789. The first-order valence-electron chi connectivity index (χ1n) is 6.16. The second-order valence-electron chi connectivity index (χ2n) is 4.39. The molecule has 0 radical (unpaired) electrons. The lowest BCUT2D eigenvalue weighted by atomic mass is 10.1. The van der Waals surface area contributed by atoms with Crippen LogP contribution in [0.15, 0.2) is 46.9 Å². The van der Waals surface area contributed by atoms with Crippen LogP contribution in [0.5, 0.6) is 5.75 Å². The van der Waals surface area contributed by atoms with Crippen molar-refractivity contribution in [2.24, 2.45) is 0 Å². The number of hydrogen-bond donors (Lipinski definition) is 0. The van der Waals surface area contributed by atoms with Gasteiger partial charge in [-0.15, -0.1) is 0 Å². The summed E-state index contributed by atoms with van der Waals surface area (Å²) >= 11 is 3.42. The molecule has 0 aliphatic carbocycles. The van der Waals surface area contributed by atoms with Crippen molar-refractivity contribution >= 4 is 21.9 Å². The molecule has 0 saturated carbocycles. The Morgan fingerprint density at radius 3 is 2.45 bits per heavy atom. The maximum atomic E-state index is 11.3. The molecule has 0 N–H and O–H groups in total. The zero-order valence-corrected chi connectivity index (χ0v) is 12.9. The second kappa shape index (κ2) is 6.57. The highest BCUT2D eigenvalue weighted by molar-refractivity contribution is 9.10. The standard InChI is InChI=1S/C16H15BrO3/c1-11-9-14(17)7-8-15(11)20-10-12-3-5-13(6-4-12)16(18)19-2/h3-9H,10H2,1-2H3. The van der Waals surface area contributed by atoms with Gasteiger partial charge in [0.05, 0.1) is 12.7 Å². The molecule has 0 aliphatic rings. The number of carbonyl (C=O) groups excluding carboxylic acids is 1. The second-order valence-corrected chi connectivity index (χ2v) is 5.30. The van der Waals surface area contributed by atoms with E-state index in [0.717, 1.165) is 21.3 Å². The Balaban J connectivity index is 2.02. The molecule has 0 saturated heterocycles. The molecule has 0 atom stereocenters. The summed E-state index contributed by atoms with van der Waals surface area (Å²) in [5, 5.41) is 0. The summed E-state index contributed by atoms with van der Waals surface area (Å²) in [4.78, 5) is 11.3. The van der Waals surface area contributed by atoms with Crippen molar-refractivity contribution in [1.82, 2.24) is 0 Å². The topological polar surface area (TPSA) is 35.5 Å². The van der Waals surface area contributed by atoms with E-state index in [2.05, 4.69) is 20.7 Å². The normalized spacial score (nSPS) is 10.2. The fraction of sp³-hybridized carbons (Fsp3) is 0.188. The minimum atomic E-state index is -0.332. The fourth-order valence-electron chi connectivity index (χ4n) is 1.79. The van der Waals surface area contributed by atoms with Gasteiger partial charge < -0.3 is 9.47 Å². The molecule has 0 heterocycles. The Bertz CT molecular complexity index is 606. The number of aryl methyl sites for hydroxylation is 1. The number of ether oxygens (including phenoxy) is 2. The predicted molar refractivity (Wildman–Crippen MR) is 81.0 cm³/mol. The van der Waals surface area contributed by atoms with Gasteiger partial charge in [-0.3, -0.25) is 0 Å². The van der Waals surface area contributed by atoms with Gasteiger partial charge in [-0.2, -0.15) is 0 Å². The van der Waals surface area contributed by atoms with E-state index in [4.69, 9.17) is 4.74 Å². The van der Waals surface area contributed by atoms with Gasteiger partial charge in [0.2, 0.25) is 0 Å². The van der Waals surface area contributed by atoms with Crippen molar-refractivity contribution in [1.29, 1.82) is 0 Å².